The molecule has 1 nitrogen and oxygen atoms in total. The van der Waals surface area contributed by atoms with Crippen molar-refractivity contribution >= 4 is 0 Å². The molecule has 0 aromatic heterocycles. The van der Waals surface area contributed by atoms with Gasteiger partial charge in [0.2, 0.25) is 0 Å². The minimum absolute atomic E-state index is 0.179. The molecule has 18 heavy (non-hydrogen) atoms. The summed E-state index contributed by atoms with van der Waals surface area (Å²) in [6, 6.07) is 13.8. The average Bonchev–Trinajstić information content (AvgIpc) is 2.38. The van der Waals surface area contributed by atoms with Crippen molar-refractivity contribution in [3.63, 3.8) is 0 Å². The van der Waals surface area contributed by atoms with E-state index in [9.17, 15) is 13.2 Å². The highest BCUT2D eigenvalue weighted by Gasteiger charge is 2.34. The molecular weight excluding hydrogens is 241 g/mol. The van der Waals surface area contributed by atoms with Crippen LogP contribution in [0.2, 0.25) is 0 Å². The Hall–Kier alpha value is -1.97. The molecule has 0 fully saturated rings. The maximum absolute atomic E-state index is 12.8. The minimum Gasteiger partial charge on any atom is -0.496 e. The van der Waals surface area contributed by atoms with Gasteiger partial charge in [-0.25, -0.2) is 0 Å². The Balaban J connectivity index is 2.53. The molecule has 0 amide bonds. The van der Waals surface area contributed by atoms with E-state index in [1.54, 1.807) is 30.3 Å². The van der Waals surface area contributed by atoms with Crippen LogP contribution in [-0.4, -0.2) is 7.11 Å². The van der Waals surface area contributed by atoms with Gasteiger partial charge in [-0.1, -0.05) is 30.3 Å². The first kappa shape index (κ1) is 12.5. The van der Waals surface area contributed by atoms with Crippen LogP contribution in [0, 0.1) is 6.07 Å². The second-order valence-electron chi connectivity index (χ2n) is 3.69. The monoisotopic (exact) mass is 251 g/mol. The number of rotatable bonds is 2. The van der Waals surface area contributed by atoms with Gasteiger partial charge in [0.25, 0.3) is 0 Å². The lowest BCUT2D eigenvalue weighted by atomic mass is 10.0. The Kier molecular flexibility index (Phi) is 3.28. The third kappa shape index (κ3) is 2.47. The van der Waals surface area contributed by atoms with E-state index in [0.29, 0.717) is 11.1 Å². The molecule has 0 unspecified atom stereocenters. The van der Waals surface area contributed by atoms with E-state index in [1.165, 1.54) is 13.2 Å². The molecule has 0 aliphatic heterocycles. The summed E-state index contributed by atoms with van der Waals surface area (Å²) in [6.07, 6.45) is -4.43. The van der Waals surface area contributed by atoms with Crippen LogP contribution in [-0.2, 0) is 6.18 Å². The fraction of sp³-hybridized carbons (Fsp3) is 0.143. The topological polar surface area (TPSA) is 9.23 Å². The zero-order valence-electron chi connectivity index (χ0n) is 9.58. The molecule has 0 saturated heterocycles. The maximum Gasteiger partial charge on any atom is 0.419 e. The molecule has 0 saturated carbocycles. The molecule has 0 aliphatic carbocycles. The van der Waals surface area contributed by atoms with Crippen molar-refractivity contribution in [2.75, 3.05) is 7.11 Å². The second-order valence-corrected chi connectivity index (χ2v) is 3.69. The molecule has 1 radical (unpaired) electrons. The molecule has 0 bridgehead atoms. The van der Waals surface area contributed by atoms with Gasteiger partial charge in [0.05, 0.1) is 12.7 Å². The zero-order chi connectivity index (χ0) is 13.2. The van der Waals surface area contributed by atoms with E-state index in [1.807, 2.05) is 0 Å². The maximum atomic E-state index is 12.8. The number of ether oxygens (including phenoxy) is 1. The normalized spacial score (nSPS) is 11.3. The largest absolute Gasteiger partial charge is 0.496 e. The lowest BCUT2D eigenvalue weighted by Gasteiger charge is -2.13. The molecule has 2 aromatic carbocycles. The van der Waals surface area contributed by atoms with Crippen molar-refractivity contribution in [1.82, 2.24) is 0 Å². The summed E-state index contributed by atoms with van der Waals surface area (Å²) in [6.45, 7) is 0. The first-order valence-electron chi connectivity index (χ1n) is 5.24. The molecular formula is C14H10F3O. The predicted molar refractivity (Wildman–Crippen MR) is 62.3 cm³/mol. The third-order valence-electron chi connectivity index (χ3n) is 2.52. The highest BCUT2D eigenvalue weighted by atomic mass is 19.4. The Morgan fingerprint density at radius 2 is 1.89 bits per heavy atom. The van der Waals surface area contributed by atoms with E-state index in [4.69, 9.17) is 4.74 Å². The van der Waals surface area contributed by atoms with E-state index in [-0.39, 0.29) is 5.75 Å². The molecule has 4 heteroatoms. The van der Waals surface area contributed by atoms with Crippen molar-refractivity contribution in [3.05, 3.63) is 54.1 Å². The van der Waals surface area contributed by atoms with E-state index >= 15 is 0 Å². The van der Waals surface area contributed by atoms with E-state index in [2.05, 4.69) is 6.07 Å². The third-order valence-corrected chi connectivity index (χ3v) is 2.52. The van der Waals surface area contributed by atoms with Crippen LogP contribution in [0.3, 0.4) is 0 Å². The summed E-state index contributed by atoms with van der Waals surface area (Å²) in [4.78, 5) is 0. The SMILES string of the molecule is COc1ccc(-c2[c]cccc2)cc1C(F)(F)F. The summed E-state index contributed by atoms with van der Waals surface area (Å²) in [5.41, 5.74) is 0.300. The van der Waals surface area contributed by atoms with Crippen molar-refractivity contribution in [3.8, 4) is 16.9 Å². The highest BCUT2D eigenvalue weighted by molar-refractivity contribution is 5.65. The number of hydrogen-bond donors (Lipinski definition) is 0. The van der Waals surface area contributed by atoms with Gasteiger partial charge in [-0.3, -0.25) is 0 Å². The second kappa shape index (κ2) is 4.72. The smallest absolute Gasteiger partial charge is 0.419 e. The first-order valence-corrected chi connectivity index (χ1v) is 5.24. The van der Waals surface area contributed by atoms with E-state index < -0.39 is 11.7 Å². The van der Waals surface area contributed by atoms with Crippen molar-refractivity contribution in [1.29, 1.82) is 0 Å². The van der Waals surface area contributed by atoms with Gasteiger partial charge >= 0.3 is 6.18 Å². The number of benzene rings is 2. The van der Waals surface area contributed by atoms with Gasteiger partial charge in [-0.2, -0.15) is 13.2 Å². The Bertz CT molecular complexity index is 532. The van der Waals surface area contributed by atoms with Gasteiger partial charge in [0.1, 0.15) is 5.75 Å². The Morgan fingerprint density at radius 3 is 2.44 bits per heavy atom. The number of hydrogen-bond acceptors (Lipinski definition) is 1. The average molecular weight is 251 g/mol. The standard InChI is InChI=1S/C14H10F3O/c1-18-13-8-7-11(9-12(13)14(15,16)17)10-5-3-2-4-6-10/h2-5,7-9H,1H3. The Labute approximate surface area is 103 Å². The van der Waals surface area contributed by atoms with Gasteiger partial charge in [0, 0.05) is 0 Å². The first-order chi connectivity index (χ1) is 8.52. The molecule has 0 atom stereocenters. The fourth-order valence-electron chi connectivity index (χ4n) is 1.67. The van der Waals surface area contributed by atoms with Crippen LogP contribution in [0.25, 0.3) is 11.1 Å². The summed E-state index contributed by atoms with van der Waals surface area (Å²) in [5, 5.41) is 0. The van der Waals surface area contributed by atoms with Gasteiger partial charge < -0.3 is 4.74 Å². The molecule has 0 N–H and O–H groups in total. The summed E-state index contributed by atoms with van der Waals surface area (Å²) < 4.78 is 43.3. The Morgan fingerprint density at radius 1 is 1.11 bits per heavy atom. The van der Waals surface area contributed by atoms with Crippen LogP contribution in [0.15, 0.2) is 42.5 Å². The highest BCUT2D eigenvalue weighted by Crippen LogP contribution is 2.38. The molecule has 93 valence electrons. The van der Waals surface area contributed by atoms with Gasteiger partial charge in [-0.15, -0.1) is 0 Å². The number of halogens is 3. The molecule has 0 aliphatic rings. The lowest BCUT2D eigenvalue weighted by Crippen LogP contribution is -2.07. The van der Waals surface area contributed by atoms with Crippen LogP contribution < -0.4 is 4.74 Å². The molecule has 0 spiro atoms. The van der Waals surface area contributed by atoms with Crippen molar-refractivity contribution < 1.29 is 17.9 Å². The summed E-state index contributed by atoms with van der Waals surface area (Å²) in [7, 11) is 1.22. The number of alkyl halides is 3. The van der Waals surface area contributed by atoms with Crippen LogP contribution in [0.1, 0.15) is 5.56 Å². The van der Waals surface area contributed by atoms with Crippen LogP contribution in [0.4, 0.5) is 13.2 Å². The van der Waals surface area contributed by atoms with Crippen LogP contribution in [0.5, 0.6) is 5.75 Å². The lowest BCUT2D eigenvalue weighted by molar-refractivity contribution is -0.138. The molecule has 2 aromatic rings. The summed E-state index contributed by atoms with van der Waals surface area (Å²) >= 11 is 0. The minimum atomic E-state index is -4.43. The van der Waals surface area contributed by atoms with Gasteiger partial charge in [-0.05, 0) is 29.3 Å². The van der Waals surface area contributed by atoms with Gasteiger partial charge in [0.15, 0.2) is 0 Å². The quantitative estimate of drug-likeness (QED) is 0.778. The molecule has 0 heterocycles. The van der Waals surface area contributed by atoms with Crippen molar-refractivity contribution in [2.45, 2.75) is 6.18 Å². The number of methoxy groups -OCH3 is 1. The zero-order valence-corrected chi connectivity index (χ0v) is 9.58. The summed E-state index contributed by atoms with van der Waals surface area (Å²) in [5.74, 6) is -0.179. The van der Waals surface area contributed by atoms with Crippen molar-refractivity contribution in [2.24, 2.45) is 0 Å². The predicted octanol–water partition coefficient (Wildman–Crippen LogP) is 4.18. The molecule has 2 rings (SSSR count). The van der Waals surface area contributed by atoms with E-state index in [0.717, 1.165) is 6.07 Å². The van der Waals surface area contributed by atoms with Crippen LogP contribution >= 0.6 is 0 Å². The fourth-order valence-corrected chi connectivity index (χ4v) is 1.67.